The Labute approximate surface area is 196 Å². The third-order valence-corrected chi connectivity index (χ3v) is 6.35. The molecule has 166 valence electrons. The summed E-state index contributed by atoms with van der Waals surface area (Å²) in [7, 11) is -4.05. The minimum Gasteiger partial charge on any atom is -0.379 e. The summed E-state index contributed by atoms with van der Waals surface area (Å²) >= 11 is 5.18. The Kier molecular flexibility index (Phi) is 6.08. The topological polar surface area (TPSA) is 92.8 Å². The van der Waals surface area contributed by atoms with Gasteiger partial charge in [0.2, 0.25) is 0 Å². The number of carbonyl (C=O) groups is 2. The van der Waals surface area contributed by atoms with Gasteiger partial charge in [-0.2, -0.15) is 8.42 Å². The van der Waals surface area contributed by atoms with Gasteiger partial charge in [-0.05, 0) is 67.2 Å². The van der Waals surface area contributed by atoms with Gasteiger partial charge in [0, 0.05) is 0 Å². The molecule has 1 aliphatic rings. The standard InChI is InChI=1S/C24H18N2O5S2/c1-16-10-12-20(13-11-16)33(29,30)31-19-9-5-6-17(14-19)15-21-22(27)25-24(32)26(23(21)28)18-7-3-2-4-8-18/h2-15H,1H3,(H,25,27,32)/b21-15+. The zero-order chi connectivity index (χ0) is 23.6. The van der Waals surface area contributed by atoms with Crippen molar-refractivity contribution in [3.63, 3.8) is 0 Å². The fourth-order valence-electron chi connectivity index (χ4n) is 3.17. The number of thiocarbonyl (C=S) groups is 1. The lowest BCUT2D eigenvalue weighted by atomic mass is 10.1. The molecule has 3 aromatic carbocycles. The van der Waals surface area contributed by atoms with Crippen molar-refractivity contribution in [3.05, 3.63) is 95.6 Å². The molecular weight excluding hydrogens is 460 g/mol. The van der Waals surface area contributed by atoms with Crippen molar-refractivity contribution in [2.24, 2.45) is 0 Å². The van der Waals surface area contributed by atoms with E-state index in [0.29, 0.717) is 11.3 Å². The van der Waals surface area contributed by atoms with E-state index >= 15 is 0 Å². The molecule has 0 radical (unpaired) electrons. The minimum atomic E-state index is -4.05. The summed E-state index contributed by atoms with van der Waals surface area (Å²) < 4.78 is 30.4. The van der Waals surface area contributed by atoms with Gasteiger partial charge < -0.3 is 4.18 Å². The van der Waals surface area contributed by atoms with Crippen LogP contribution in [0.15, 0.2) is 89.3 Å². The molecule has 0 aromatic heterocycles. The molecule has 9 heteroatoms. The molecule has 7 nitrogen and oxygen atoms in total. The predicted molar refractivity (Wildman–Crippen MR) is 128 cm³/mol. The Morgan fingerprint density at radius 3 is 2.33 bits per heavy atom. The van der Waals surface area contributed by atoms with Crippen LogP contribution in [0, 0.1) is 6.92 Å². The summed E-state index contributed by atoms with van der Waals surface area (Å²) in [4.78, 5) is 26.8. The van der Waals surface area contributed by atoms with Gasteiger partial charge in [0.1, 0.15) is 16.2 Å². The van der Waals surface area contributed by atoms with Crippen LogP contribution in [0.3, 0.4) is 0 Å². The summed E-state index contributed by atoms with van der Waals surface area (Å²) in [6, 6.07) is 21.1. The molecule has 1 N–H and O–H groups in total. The van der Waals surface area contributed by atoms with Crippen LogP contribution in [0.2, 0.25) is 0 Å². The molecule has 0 saturated carbocycles. The number of nitrogens with one attached hydrogen (secondary N) is 1. The molecule has 33 heavy (non-hydrogen) atoms. The Morgan fingerprint density at radius 1 is 0.939 bits per heavy atom. The average molecular weight is 479 g/mol. The summed E-state index contributed by atoms with van der Waals surface area (Å²) in [5.41, 5.74) is 1.69. The number of benzene rings is 3. The Hall–Kier alpha value is -3.82. The van der Waals surface area contributed by atoms with Crippen LogP contribution in [-0.4, -0.2) is 25.3 Å². The molecule has 4 rings (SSSR count). The maximum absolute atomic E-state index is 13.1. The fourth-order valence-corrected chi connectivity index (χ4v) is 4.38. The Morgan fingerprint density at radius 2 is 1.64 bits per heavy atom. The fraction of sp³-hybridized carbons (Fsp3) is 0.0417. The highest BCUT2D eigenvalue weighted by Gasteiger charge is 2.34. The van der Waals surface area contributed by atoms with Crippen LogP contribution in [0.4, 0.5) is 5.69 Å². The highest BCUT2D eigenvalue weighted by atomic mass is 32.2. The maximum atomic E-state index is 13.1. The molecule has 0 unspecified atom stereocenters. The van der Waals surface area contributed by atoms with E-state index in [1.165, 1.54) is 35.2 Å². The molecule has 1 fully saturated rings. The van der Waals surface area contributed by atoms with E-state index in [0.717, 1.165) is 5.56 Å². The first kappa shape index (κ1) is 22.4. The van der Waals surface area contributed by atoms with Crippen molar-refractivity contribution in [2.45, 2.75) is 11.8 Å². The van der Waals surface area contributed by atoms with Crippen molar-refractivity contribution in [3.8, 4) is 5.75 Å². The molecule has 3 aromatic rings. The van der Waals surface area contributed by atoms with Gasteiger partial charge in [-0.3, -0.25) is 19.8 Å². The molecule has 0 atom stereocenters. The SMILES string of the molecule is Cc1ccc(S(=O)(=O)Oc2cccc(/C=C3\C(=O)NC(=S)N(c4ccccc4)C3=O)c2)cc1. The third kappa shape index (κ3) is 4.84. The van der Waals surface area contributed by atoms with Crippen LogP contribution >= 0.6 is 12.2 Å². The summed E-state index contributed by atoms with van der Waals surface area (Å²) in [5, 5.41) is 2.49. The van der Waals surface area contributed by atoms with Gasteiger partial charge in [0.15, 0.2) is 5.11 Å². The quantitative estimate of drug-likeness (QED) is 0.261. The van der Waals surface area contributed by atoms with E-state index in [9.17, 15) is 18.0 Å². The van der Waals surface area contributed by atoms with E-state index in [1.807, 2.05) is 6.92 Å². The van der Waals surface area contributed by atoms with Crippen molar-refractivity contribution in [2.75, 3.05) is 4.90 Å². The number of hydrogen-bond acceptors (Lipinski definition) is 6. The van der Waals surface area contributed by atoms with E-state index in [-0.39, 0.29) is 21.3 Å². The zero-order valence-electron chi connectivity index (χ0n) is 17.4. The van der Waals surface area contributed by atoms with Crippen molar-refractivity contribution in [1.82, 2.24) is 5.32 Å². The third-order valence-electron chi connectivity index (χ3n) is 4.80. The molecular formula is C24H18N2O5S2. The van der Waals surface area contributed by atoms with Crippen LogP contribution in [0.25, 0.3) is 6.08 Å². The van der Waals surface area contributed by atoms with Crippen molar-refractivity contribution >= 4 is 51.0 Å². The molecule has 0 aliphatic carbocycles. The van der Waals surface area contributed by atoms with E-state index < -0.39 is 21.9 Å². The van der Waals surface area contributed by atoms with E-state index in [2.05, 4.69) is 5.32 Å². The average Bonchev–Trinajstić information content (AvgIpc) is 2.77. The van der Waals surface area contributed by atoms with Crippen LogP contribution in [0.1, 0.15) is 11.1 Å². The van der Waals surface area contributed by atoms with Gasteiger partial charge >= 0.3 is 10.1 Å². The van der Waals surface area contributed by atoms with E-state index in [1.54, 1.807) is 54.6 Å². The molecule has 1 aliphatic heterocycles. The normalized spacial score (nSPS) is 15.5. The predicted octanol–water partition coefficient (Wildman–Crippen LogP) is 3.59. The van der Waals surface area contributed by atoms with Gasteiger partial charge in [-0.1, -0.05) is 48.0 Å². The number of rotatable bonds is 5. The molecule has 2 amide bonds. The molecule has 1 heterocycles. The van der Waals surface area contributed by atoms with Crippen LogP contribution in [-0.2, 0) is 19.7 Å². The lowest BCUT2D eigenvalue weighted by Gasteiger charge is -2.28. The molecule has 0 bridgehead atoms. The van der Waals surface area contributed by atoms with Crippen molar-refractivity contribution in [1.29, 1.82) is 0 Å². The van der Waals surface area contributed by atoms with Crippen LogP contribution < -0.4 is 14.4 Å². The van der Waals surface area contributed by atoms with Crippen molar-refractivity contribution < 1.29 is 22.2 Å². The second-order valence-corrected chi connectivity index (χ2v) is 9.15. The first-order valence-electron chi connectivity index (χ1n) is 9.82. The molecule has 0 spiro atoms. The number of aryl methyl sites for hydroxylation is 1. The Bertz CT molecular complexity index is 1380. The van der Waals surface area contributed by atoms with Gasteiger partial charge in [0.05, 0.1) is 5.69 Å². The number of nitrogens with zero attached hydrogens (tertiary/aromatic N) is 1. The minimum absolute atomic E-state index is 0.0189. The lowest BCUT2D eigenvalue weighted by molar-refractivity contribution is -0.122. The summed E-state index contributed by atoms with van der Waals surface area (Å²) in [5.74, 6) is -1.19. The van der Waals surface area contributed by atoms with Crippen LogP contribution in [0.5, 0.6) is 5.75 Å². The first-order chi connectivity index (χ1) is 15.7. The summed E-state index contributed by atoms with van der Waals surface area (Å²) in [6.45, 7) is 1.85. The molecule has 1 saturated heterocycles. The smallest absolute Gasteiger partial charge is 0.339 e. The number of anilines is 1. The Balaban J connectivity index is 1.63. The van der Waals surface area contributed by atoms with Gasteiger partial charge in [-0.25, -0.2) is 0 Å². The highest BCUT2D eigenvalue weighted by molar-refractivity contribution is 7.87. The number of hydrogen-bond donors (Lipinski definition) is 1. The largest absolute Gasteiger partial charge is 0.379 e. The number of para-hydroxylation sites is 1. The number of amides is 2. The van der Waals surface area contributed by atoms with Gasteiger partial charge in [-0.15, -0.1) is 0 Å². The maximum Gasteiger partial charge on any atom is 0.339 e. The van der Waals surface area contributed by atoms with E-state index in [4.69, 9.17) is 16.4 Å². The summed E-state index contributed by atoms with van der Waals surface area (Å²) in [6.07, 6.45) is 1.36. The van der Waals surface area contributed by atoms with Gasteiger partial charge in [0.25, 0.3) is 11.8 Å². The monoisotopic (exact) mass is 478 g/mol. The lowest BCUT2D eigenvalue weighted by Crippen LogP contribution is -2.54. The second kappa shape index (κ2) is 8.97. The highest BCUT2D eigenvalue weighted by Crippen LogP contribution is 2.24. The zero-order valence-corrected chi connectivity index (χ0v) is 19.0. The first-order valence-corrected chi connectivity index (χ1v) is 11.6. The second-order valence-electron chi connectivity index (χ2n) is 7.22. The number of carbonyl (C=O) groups excluding carboxylic acids is 2.